The van der Waals surface area contributed by atoms with E-state index in [0.29, 0.717) is 24.2 Å². The largest absolute Gasteiger partial charge is 0.467 e. The van der Waals surface area contributed by atoms with Crippen LogP contribution in [-0.2, 0) is 9.53 Å². The highest BCUT2D eigenvalue weighted by Gasteiger charge is 2.36. The molecule has 1 aliphatic rings. The van der Waals surface area contributed by atoms with E-state index in [9.17, 15) is 9.59 Å². The lowest BCUT2D eigenvalue weighted by Crippen LogP contribution is -2.41. The molecule has 1 atom stereocenters. The lowest BCUT2D eigenvalue weighted by molar-refractivity contribution is -0.145. The van der Waals surface area contributed by atoms with Crippen molar-refractivity contribution >= 4 is 23.3 Å². The number of nitrogens with two attached hydrogens (primary N) is 1. The summed E-state index contributed by atoms with van der Waals surface area (Å²) in [6, 6.07) is 4.73. The number of rotatable bonds is 3. The predicted molar refractivity (Wildman–Crippen MR) is 81.3 cm³/mol. The molecule has 1 unspecified atom stereocenters. The molecule has 21 heavy (non-hydrogen) atoms. The first-order valence-electron chi connectivity index (χ1n) is 6.91. The number of methoxy groups -OCH3 is 1. The lowest BCUT2D eigenvalue weighted by Gasteiger charge is -2.25. The summed E-state index contributed by atoms with van der Waals surface area (Å²) < 4.78 is 4.78. The maximum atomic E-state index is 12.8. The molecule has 1 fully saturated rings. The first-order chi connectivity index (χ1) is 9.95. The molecule has 1 amide bonds. The molecular weight excluding hydrogens is 270 g/mol. The summed E-state index contributed by atoms with van der Waals surface area (Å²) in [5, 5.41) is 0. The molecule has 114 valence electrons. The van der Waals surface area contributed by atoms with Gasteiger partial charge in [0, 0.05) is 32.0 Å². The van der Waals surface area contributed by atoms with Gasteiger partial charge in [0.25, 0.3) is 5.91 Å². The molecule has 0 spiro atoms. The summed E-state index contributed by atoms with van der Waals surface area (Å²) in [4.78, 5) is 28.0. The number of esters is 1. The maximum absolute atomic E-state index is 12.8. The summed E-state index contributed by atoms with van der Waals surface area (Å²) >= 11 is 0. The second-order valence-electron chi connectivity index (χ2n) is 5.35. The van der Waals surface area contributed by atoms with Gasteiger partial charge in [0.2, 0.25) is 0 Å². The molecule has 1 aromatic rings. The number of benzene rings is 1. The smallest absolute Gasteiger partial charge is 0.328 e. The minimum atomic E-state index is -0.501. The van der Waals surface area contributed by atoms with Crippen LogP contribution in [0, 0.1) is 0 Å². The van der Waals surface area contributed by atoms with Crippen molar-refractivity contribution in [3.8, 4) is 0 Å². The fourth-order valence-electron chi connectivity index (χ4n) is 2.66. The third-order valence-electron chi connectivity index (χ3n) is 3.72. The van der Waals surface area contributed by atoms with Crippen molar-refractivity contribution in [2.45, 2.75) is 18.9 Å². The van der Waals surface area contributed by atoms with Gasteiger partial charge in [0.1, 0.15) is 6.04 Å². The van der Waals surface area contributed by atoms with E-state index in [1.807, 2.05) is 25.1 Å². The molecule has 6 heteroatoms. The number of anilines is 2. The SMILES string of the molecule is COC(=O)C1CCCN1C(=O)c1cc(N)ccc1N(C)C. The topological polar surface area (TPSA) is 75.9 Å². The Morgan fingerprint density at radius 3 is 2.71 bits per heavy atom. The first-order valence-corrected chi connectivity index (χ1v) is 6.91. The average Bonchev–Trinajstić information content (AvgIpc) is 2.94. The highest BCUT2D eigenvalue weighted by atomic mass is 16.5. The average molecular weight is 291 g/mol. The first kappa shape index (κ1) is 15.2. The van der Waals surface area contributed by atoms with Gasteiger partial charge in [-0.05, 0) is 31.0 Å². The van der Waals surface area contributed by atoms with Crippen molar-refractivity contribution in [3.05, 3.63) is 23.8 Å². The molecule has 2 N–H and O–H groups in total. The van der Waals surface area contributed by atoms with E-state index in [2.05, 4.69) is 0 Å². The zero-order valence-corrected chi connectivity index (χ0v) is 12.6. The summed E-state index contributed by atoms with van der Waals surface area (Å²) in [6.07, 6.45) is 1.43. The maximum Gasteiger partial charge on any atom is 0.328 e. The zero-order chi connectivity index (χ0) is 15.6. The minimum Gasteiger partial charge on any atom is -0.467 e. The number of hydrogen-bond donors (Lipinski definition) is 1. The van der Waals surface area contributed by atoms with E-state index < -0.39 is 6.04 Å². The van der Waals surface area contributed by atoms with Gasteiger partial charge < -0.3 is 20.3 Å². The van der Waals surface area contributed by atoms with Crippen LogP contribution < -0.4 is 10.6 Å². The number of carbonyl (C=O) groups excluding carboxylic acids is 2. The number of hydrogen-bond acceptors (Lipinski definition) is 5. The number of likely N-dealkylation sites (tertiary alicyclic amines) is 1. The van der Waals surface area contributed by atoms with Crippen molar-refractivity contribution in [2.75, 3.05) is 38.4 Å². The lowest BCUT2D eigenvalue weighted by atomic mass is 10.1. The summed E-state index contributed by atoms with van der Waals surface area (Å²) in [5.41, 5.74) is 7.62. The van der Waals surface area contributed by atoms with Crippen LogP contribution in [0.2, 0.25) is 0 Å². The molecule has 1 saturated heterocycles. The van der Waals surface area contributed by atoms with Crippen LogP contribution in [0.25, 0.3) is 0 Å². The van der Waals surface area contributed by atoms with E-state index in [-0.39, 0.29) is 11.9 Å². The second kappa shape index (κ2) is 6.03. The Kier molecular flexibility index (Phi) is 4.35. The van der Waals surface area contributed by atoms with Gasteiger partial charge in [-0.3, -0.25) is 4.79 Å². The monoisotopic (exact) mass is 291 g/mol. The zero-order valence-electron chi connectivity index (χ0n) is 12.6. The number of ether oxygens (including phenoxy) is 1. The van der Waals surface area contributed by atoms with Gasteiger partial charge in [-0.25, -0.2) is 4.79 Å². The van der Waals surface area contributed by atoms with Crippen molar-refractivity contribution in [2.24, 2.45) is 0 Å². The molecule has 1 aliphatic heterocycles. The molecule has 6 nitrogen and oxygen atoms in total. The van der Waals surface area contributed by atoms with E-state index >= 15 is 0 Å². The van der Waals surface area contributed by atoms with Crippen LogP contribution in [0.4, 0.5) is 11.4 Å². The van der Waals surface area contributed by atoms with Crippen LogP contribution in [0.5, 0.6) is 0 Å². The number of nitrogen functional groups attached to an aromatic ring is 1. The van der Waals surface area contributed by atoms with E-state index in [4.69, 9.17) is 10.5 Å². The Balaban J connectivity index is 2.35. The normalized spacial score (nSPS) is 17.7. The van der Waals surface area contributed by atoms with Crippen molar-refractivity contribution in [1.82, 2.24) is 4.90 Å². The number of carbonyl (C=O) groups is 2. The Hall–Kier alpha value is -2.24. The van der Waals surface area contributed by atoms with Gasteiger partial charge in [0.15, 0.2) is 0 Å². The molecule has 0 aliphatic carbocycles. The van der Waals surface area contributed by atoms with Gasteiger partial charge in [0.05, 0.1) is 12.7 Å². The summed E-state index contributed by atoms with van der Waals surface area (Å²) in [5.74, 6) is -0.546. The van der Waals surface area contributed by atoms with Crippen LogP contribution >= 0.6 is 0 Å². The molecule has 1 aromatic carbocycles. The third-order valence-corrected chi connectivity index (χ3v) is 3.72. The Bertz CT molecular complexity index is 557. The molecule has 0 bridgehead atoms. The quantitative estimate of drug-likeness (QED) is 0.667. The van der Waals surface area contributed by atoms with Gasteiger partial charge >= 0.3 is 5.97 Å². The second-order valence-corrected chi connectivity index (χ2v) is 5.35. The minimum absolute atomic E-state index is 0.182. The van der Waals surface area contributed by atoms with Gasteiger partial charge in [-0.2, -0.15) is 0 Å². The van der Waals surface area contributed by atoms with Gasteiger partial charge in [-0.1, -0.05) is 0 Å². The molecule has 0 aromatic heterocycles. The van der Waals surface area contributed by atoms with E-state index in [1.165, 1.54) is 7.11 Å². The molecule has 2 rings (SSSR count). The Morgan fingerprint density at radius 1 is 1.38 bits per heavy atom. The molecule has 1 heterocycles. The Labute approximate surface area is 124 Å². The fraction of sp³-hybridized carbons (Fsp3) is 0.467. The molecular formula is C15H21N3O3. The Morgan fingerprint density at radius 2 is 2.10 bits per heavy atom. The van der Waals surface area contributed by atoms with Crippen molar-refractivity contribution in [1.29, 1.82) is 0 Å². The molecule has 0 saturated carbocycles. The van der Waals surface area contributed by atoms with Crippen molar-refractivity contribution < 1.29 is 14.3 Å². The van der Waals surface area contributed by atoms with Crippen molar-refractivity contribution in [3.63, 3.8) is 0 Å². The third kappa shape index (κ3) is 2.94. The number of nitrogens with zero attached hydrogens (tertiary/aromatic N) is 2. The standard InChI is InChI=1S/C15H21N3O3/c1-17(2)12-7-6-10(16)9-11(12)14(19)18-8-4-5-13(18)15(20)21-3/h6-7,9,13H,4-5,8,16H2,1-3H3. The van der Waals surface area contributed by atoms with Crippen LogP contribution in [0.3, 0.4) is 0 Å². The van der Waals surface area contributed by atoms with Crippen LogP contribution in [-0.4, -0.2) is 50.6 Å². The number of amides is 1. The fourth-order valence-corrected chi connectivity index (χ4v) is 2.66. The highest BCUT2D eigenvalue weighted by Crippen LogP contribution is 2.27. The van der Waals surface area contributed by atoms with Crippen LogP contribution in [0.15, 0.2) is 18.2 Å². The van der Waals surface area contributed by atoms with Gasteiger partial charge in [-0.15, -0.1) is 0 Å². The van der Waals surface area contributed by atoms with E-state index in [0.717, 1.165) is 12.1 Å². The van der Waals surface area contributed by atoms with Crippen LogP contribution in [0.1, 0.15) is 23.2 Å². The highest BCUT2D eigenvalue weighted by molar-refractivity contribution is 6.02. The summed E-state index contributed by atoms with van der Waals surface area (Å²) in [6.45, 7) is 0.556. The van der Waals surface area contributed by atoms with E-state index in [1.54, 1.807) is 17.0 Å². The predicted octanol–water partition coefficient (Wildman–Crippen LogP) is 1.11. The summed E-state index contributed by atoms with van der Waals surface area (Å²) in [7, 11) is 5.07. The molecule has 0 radical (unpaired) electrons.